The zero-order valence-electron chi connectivity index (χ0n) is 15.3. The van der Waals surface area contributed by atoms with Gasteiger partial charge in [-0.2, -0.15) is 0 Å². The molecule has 5 nitrogen and oxygen atoms in total. The van der Waals surface area contributed by atoms with Crippen LogP contribution in [0.3, 0.4) is 0 Å². The Labute approximate surface area is 158 Å². The lowest BCUT2D eigenvalue weighted by Crippen LogP contribution is -2.56. The second kappa shape index (κ2) is 8.01. The number of hydrogen-bond donors (Lipinski definition) is 1. The van der Waals surface area contributed by atoms with Crippen LogP contribution in [-0.4, -0.2) is 35.5 Å². The molecule has 2 aromatic rings. The summed E-state index contributed by atoms with van der Waals surface area (Å²) in [5.74, 6) is -0.283. The molecule has 1 aromatic heterocycles. The number of rotatable bonds is 5. The lowest BCUT2D eigenvalue weighted by Gasteiger charge is -2.42. The van der Waals surface area contributed by atoms with Gasteiger partial charge in [-0.15, -0.1) is 11.3 Å². The van der Waals surface area contributed by atoms with Crippen LogP contribution in [-0.2, 0) is 20.9 Å². The summed E-state index contributed by atoms with van der Waals surface area (Å²) in [4.78, 5) is 29.4. The normalized spacial score (nSPS) is 20.5. The standard InChI is InChI=1S/C20H24N2O3S/c1-13(2)22-17(23)12-25-19(18(22)15-7-5-4-6-8-15)20(24)21-11-16-10-9-14(3)26-16/h4-10,13,18-19H,11-12H2,1-3H3,(H,21,24)/t18-,19+/m1/s1. The first-order chi connectivity index (χ1) is 12.5. The maximum Gasteiger partial charge on any atom is 0.251 e. The van der Waals surface area contributed by atoms with E-state index >= 15 is 0 Å². The van der Waals surface area contributed by atoms with Crippen LogP contribution < -0.4 is 5.32 Å². The Morgan fingerprint density at radius 1 is 1.27 bits per heavy atom. The fourth-order valence-electron chi connectivity index (χ4n) is 3.30. The van der Waals surface area contributed by atoms with Crippen molar-refractivity contribution < 1.29 is 14.3 Å². The monoisotopic (exact) mass is 372 g/mol. The van der Waals surface area contributed by atoms with E-state index in [2.05, 4.69) is 5.32 Å². The van der Waals surface area contributed by atoms with Crippen molar-refractivity contribution in [3.63, 3.8) is 0 Å². The number of nitrogens with zero attached hydrogens (tertiary/aromatic N) is 1. The Kier molecular flexibility index (Phi) is 5.74. The molecule has 26 heavy (non-hydrogen) atoms. The van der Waals surface area contributed by atoms with E-state index in [1.807, 2.05) is 63.2 Å². The van der Waals surface area contributed by atoms with Crippen LogP contribution in [0.15, 0.2) is 42.5 Å². The average molecular weight is 372 g/mol. The van der Waals surface area contributed by atoms with Gasteiger partial charge in [0.2, 0.25) is 5.91 Å². The molecule has 1 aliphatic rings. The summed E-state index contributed by atoms with van der Waals surface area (Å²) in [6, 6.07) is 13.2. The highest BCUT2D eigenvalue weighted by atomic mass is 32.1. The molecule has 138 valence electrons. The van der Waals surface area contributed by atoms with Gasteiger partial charge in [0.05, 0.1) is 12.6 Å². The molecule has 0 aliphatic carbocycles. The fourth-order valence-corrected chi connectivity index (χ4v) is 4.13. The molecule has 0 unspecified atom stereocenters. The van der Waals surface area contributed by atoms with Crippen molar-refractivity contribution in [3.05, 3.63) is 57.8 Å². The molecule has 0 bridgehead atoms. The number of benzene rings is 1. The van der Waals surface area contributed by atoms with E-state index in [4.69, 9.17) is 4.74 Å². The molecule has 0 saturated carbocycles. The minimum absolute atomic E-state index is 0.0214. The van der Waals surface area contributed by atoms with Crippen molar-refractivity contribution in [3.8, 4) is 0 Å². The predicted molar refractivity (Wildman–Crippen MR) is 102 cm³/mol. The molecular formula is C20H24N2O3S. The summed E-state index contributed by atoms with van der Waals surface area (Å²) < 4.78 is 5.69. The summed E-state index contributed by atoms with van der Waals surface area (Å²) >= 11 is 1.66. The highest BCUT2D eigenvalue weighted by molar-refractivity contribution is 7.11. The Bertz CT molecular complexity index is 772. The summed E-state index contributed by atoms with van der Waals surface area (Å²) in [5, 5.41) is 2.96. The number of amides is 2. The van der Waals surface area contributed by atoms with E-state index in [9.17, 15) is 9.59 Å². The molecule has 3 rings (SSSR count). The van der Waals surface area contributed by atoms with Crippen LogP contribution in [0.1, 0.15) is 35.2 Å². The van der Waals surface area contributed by atoms with E-state index < -0.39 is 12.1 Å². The van der Waals surface area contributed by atoms with E-state index in [0.717, 1.165) is 10.4 Å². The fraction of sp³-hybridized carbons (Fsp3) is 0.400. The van der Waals surface area contributed by atoms with Crippen LogP contribution >= 0.6 is 11.3 Å². The Hall–Kier alpha value is -2.18. The molecule has 6 heteroatoms. The largest absolute Gasteiger partial charge is 0.356 e. The quantitative estimate of drug-likeness (QED) is 0.878. The molecule has 1 saturated heterocycles. The molecular weight excluding hydrogens is 348 g/mol. The van der Waals surface area contributed by atoms with Gasteiger partial charge in [-0.1, -0.05) is 30.3 Å². The second-order valence-electron chi connectivity index (χ2n) is 6.71. The van der Waals surface area contributed by atoms with Crippen LogP contribution in [0.5, 0.6) is 0 Å². The molecule has 1 N–H and O–H groups in total. The highest BCUT2D eigenvalue weighted by Gasteiger charge is 2.42. The van der Waals surface area contributed by atoms with Crippen LogP contribution in [0.4, 0.5) is 0 Å². The zero-order chi connectivity index (χ0) is 18.7. The Morgan fingerprint density at radius 3 is 2.62 bits per heavy atom. The number of hydrogen-bond acceptors (Lipinski definition) is 4. The SMILES string of the molecule is Cc1ccc(CNC(=O)[C@H]2OCC(=O)N(C(C)C)[C@@H]2c2ccccc2)s1. The van der Waals surface area contributed by atoms with Gasteiger partial charge in [0.15, 0.2) is 6.10 Å². The molecule has 1 aromatic carbocycles. The summed E-state index contributed by atoms with van der Waals surface area (Å²) in [5.41, 5.74) is 0.904. The maximum absolute atomic E-state index is 12.9. The predicted octanol–water partition coefficient (Wildman–Crippen LogP) is 3.05. The molecule has 0 radical (unpaired) electrons. The first-order valence-electron chi connectivity index (χ1n) is 8.78. The minimum Gasteiger partial charge on any atom is -0.356 e. The first kappa shape index (κ1) is 18.6. The molecule has 2 atom stereocenters. The van der Waals surface area contributed by atoms with E-state index in [1.54, 1.807) is 16.2 Å². The van der Waals surface area contributed by atoms with E-state index in [1.165, 1.54) is 4.88 Å². The molecule has 2 heterocycles. The molecule has 2 amide bonds. The third-order valence-electron chi connectivity index (χ3n) is 4.45. The van der Waals surface area contributed by atoms with Crippen molar-refractivity contribution in [1.29, 1.82) is 0 Å². The van der Waals surface area contributed by atoms with Crippen molar-refractivity contribution in [2.45, 2.75) is 45.5 Å². The van der Waals surface area contributed by atoms with Crippen LogP contribution in [0, 0.1) is 6.92 Å². The Balaban J connectivity index is 1.82. The molecule has 1 aliphatic heterocycles. The smallest absolute Gasteiger partial charge is 0.251 e. The topological polar surface area (TPSA) is 58.6 Å². The number of nitrogens with one attached hydrogen (secondary N) is 1. The maximum atomic E-state index is 12.9. The van der Waals surface area contributed by atoms with Gasteiger partial charge < -0.3 is 15.0 Å². The van der Waals surface area contributed by atoms with Crippen LogP contribution in [0.25, 0.3) is 0 Å². The van der Waals surface area contributed by atoms with Gasteiger partial charge in [-0.25, -0.2) is 0 Å². The van der Waals surface area contributed by atoms with Gasteiger partial charge in [-0.05, 0) is 38.5 Å². The number of carbonyl (C=O) groups is 2. The third kappa shape index (κ3) is 3.97. The summed E-state index contributed by atoms with van der Waals surface area (Å²) in [6.07, 6.45) is -0.724. The molecule has 1 fully saturated rings. The zero-order valence-corrected chi connectivity index (χ0v) is 16.1. The molecule has 0 spiro atoms. The minimum atomic E-state index is -0.724. The van der Waals surface area contributed by atoms with Crippen molar-refractivity contribution in [1.82, 2.24) is 10.2 Å². The highest BCUT2D eigenvalue weighted by Crippen LogP contribution is 2.32. The van der Waals surface area contributed by atoms with E-state index in [0.29, 0.717) is 6.54 Å². The van der Waals surface area contributed by atoms with Gasteiger partial charge in [0, 0.05) is 15.8 Å². The Morgan fingerprint density at radius 2 is 2.00 bits per heavy atom. The van der Waals surface area contributed by atoms with Gasteiger partial charge in [0.25, 0.3) is 5.91 Å². The van der Waals surface area contributed by atoms with E-state index in [-0.39, 0.29) is 24.5 Å². The lowest BCUT2D eigenvalue weighted by molar-refractivity contribution is -0.167. The second-order valence-corrected chi connectivity index (χ2v) is 8.08. The van der Waals surface area contributed by atoms with Gasteiger partial charge in [-0.3, -0.25) is 9.59 Å². The number of ether oxygens (including phenoxy) is 1. The summed E-state index contributed by atoms with van der Waals surface area (Å²) in [7, 11) is 0. The van der Waals surface area contributed by atoms with Crippen molar-refractivity contribution in [2.75, 3.05) is 6.61 Å². The van der Waals surface area contributed by atoms with Crippen molar-refractivity contribution in [2.24, 2.45) is 0 Å². The number of morpholine rings is 1. The number of carbonyl (C=O) groups excluding carboxylic acids is 2. The lowest BCUT2D eigenvalue weighted by atomic mass is 9.96. The number of aryl methyl sites for hydroxylation is 1. The average Bonchev–Trinajstić information content (AvgIpc) is 3.05. The van der Waals surface area contributed by atoms with Gasteiger partial charge >= 0.3 is 0 Å². The summed E-state index contributed by atoms with van der Waals surface area (Å²) in [6.45, 7) is 6.36. The van der Waals surface area contributed by atoms with Crippen LogP contribution in [0.2, 0.25) is 0 Å². The third-order valence-corrected chi connectivity index (χ3v) is 5.45. The number of thiophene rings is 1. The van der Waals surface area contributed by atoms with Gasteiger partial charge in [0.1, 0.15) is 6.61 Å². The first-order valence-corrected chi connectivity index (χ1v) is 9.59. The van der Waals surface area contributed by atoms with Crippen molar-refractivity contribution >= 4 is 23.2 Å².